The molecule has 0 unspecified atom stereocenters. The summed E-state index contributed by atoms with van der Waals surface area (Å²) in [4.78, 5) is 0. The second kappa shape index (κ2) is 3.67. The van der Waals surface area contributed by atoms with E-state index in [1.807, 2.05) is 12.1 Å². The number of rotatable bonds is 0. The van der Waals surface area contributed by atoms with Gasteiger partial charge in [-0.3, -0.25) is 0 Å². The van der Waals surface area contributed by atoms with Gasteiger partial charge in [-0.2, -0.15) is 0 Å². The molecule has 0 bridgehead atoms. The van der Waals surface area contributed by atoms with Gasteiger partial charge in [0.1, 0.15) is 11.5 Å². The van der Waals surface area contributed by atoms with Gasteiger partial charge in [-0.15, -0.1) is 0 Å². The first-order valence-corrected chi connectivity index (χ1v) is 5.68. The summed E-state index contributed by atoms with van der Waals surface area (Å²) >= 11 is 0. The largest absolute Gasteiger partial charge is 0.457 e. The van der Waals surface area contributed by atoms with Gasteiger partial charge in [0.05, 0.1) is 0 Å². The first kappa shape index (κ1) is 9.46. The highest BCUT2D eigenvalue weighted by Crippen LogP contribution is 2.33. The highest BCUT2D eigenvalue weighted by Gasteiger charge is 2.13. The van der Waals surface area contributed by atoms with E-state index in [1.54, 1.807) is 0 Å². The van der Waals surface area contributed by atoms with Crippen LogP contribution in [0.5, 0.6) is 11.5 Å². The number of aryl methyl sites for hydroxylation is 3. The minimum Gasteiger partial charge on any atom is -0.457 e. The molecule has 0 atom stereocenters. The number of benzene rings is 2. The van der Waals surface area contributed by atoms with Crippen molar-refractivity contribution < 1.29 is 4.74 Å². The van der Waals surface area contributed by atoms with Crippen molar-refractivity contribution in [3.05, 3.63) is 59.2 Å². The lowest BCUT2D eigenvalue weighted by atomic mass is 10.0. The second-order valence-corrected chi connectivity index (χ2v) is 4.32. The molecule has 1 aliphatic rings. The standard InChI is InChI=1S/C15H14O/c1-11-6-7-13-9-8-12-4-2-3-5-14(12)16-15(13)10-11/h2-7,10H,8-9H2,1H3. The van der Waals surface area contributed by atoms with Crippen LogP contribution in [-0.4, -0.2) is 0 Å². The molecule has 80 valence electrons. The van der Waals surface area contributed by atoms with Crippen LogP contribution in [0.3, 0.4) is 0 Å². The molecule has 0 aliphatic carbocycles. The Morgan fingerprint density at radius 1 is 0.875 bits per heavy atom. The molecule has 0 saturated heterocycles. The van der Waals surface area contributed by atoms with E-state index in [0.29, 0.717) is 0 Å². The first-order valence-electron chi connectivity index (χ1n) is 5.68. The van der Waals surface area contributed by atoms with Crippen LogP contribution in [0, 0.1) is 6.92 Å². The average molecular weight is 210 g/mol. The summed E-state index contributed by atoms with van der Waals surface area (Å²) in [6, 6.07) is 14.7. The zero-order valence-electron chi connectivity index (χ0n) is 9.36. The third-order valence-corrected chi connectivity index (χ3v) is 3.08. The van der Waals surface area contributed by atoms with Crippen LogP contribution >= 0.6 is 0 Å². The fraction of sp³-hybridized carbons (Fsp3) is 0.200. The smallest absolute Gasteiger partial charge is 0.130 e. The molecule has 0 spiro atoms. The Morgan fingerprint density at radius 3 is 2.50 bits per heavy atom. The molecule has 0 aromatic heterocycles. The molecule has 0 radical (unpaired) electrons. The van der Waals surface area contributed by atoms with Gasteiger partial charge in [-0.1, -0.05) is 30.3 Å². The fourth-order valence-corrected chi connectivity index (χ4v) is 2.16. The SMILES string of the molecule is Cc1ccc2c(c1)Oc1ccccc1CC2. The van der Waals surface area contributed by atoms with Gasteiger partial charge in [0.2, 0.25) is 0 Å². The number of hydrogen-bond acceptors (Lipinski definition) is 1. The van der Waals surface area contributed by atoms with E-state index in [9.17, 15) is 0 Å². The van der Waals surface area contributed by atoms with Crippen molar-refractivity contribution in [3.8, 4) is 11.5 Å². The fourth-order valence-electron chi connectivity index (χ4n) is 2.16. The monoisotopic (exact) mass is 210 g/mol. The van der Waals surface area contributed by atoms with E-state index < -0.39 is 0 Å². The summed E-state index contributed by atoms with van der Waals surface area (Å²) in [5, 5.41) is 0. The summed E-state index contributed by atoms with van der Waals surface area (Å²) in [7, 11) is 0. The van der Waals surface area contributed by atoms with E-state index in [4.69, 9.17) is 4.74 Å². The van der Waals surface area contributed by atoms with Crippen LogP contribution in [0.1, 0.15) is 16.7 Å². The van der Waals surface area contributed by atoms with Gasteiger partial charge in [0, 0.05) is 0 Å². The molecule has 3 rings (SSSR count). The van der Waals surface area contributed by atoms with Crippen molar-refractivity contribution in [2.45, 2.75) is 19.8 Å². The van der Waals surface area contributed by atoms with E-state index in [1.165, 1.54) is 16.7 Å². The molecular weight excluding hydrogens is 196 g/mol. The van der Waals surface area contributed by atoms with E-state index in [2.05, 4.69) is 37.3 Å². The molecular formula is C15H14O. The molecule has 0 N–H and O–H groups in total. The van der Waals surface area contributed by atoms with Crippen LogP contribution in [0.15, 0.2) is 42.5 Å². The van der Waals surface area contributed by atoms with Gasteiger partial charge in [0.15, 0.2) is 0 Å². The third kappa shape index (κ3) is 1.58. The highest BCUT2D eigenvalue weighted by molar-refractivity contribution is 5.46. The van der Waals surface area contributed by atoms with Crippen molar-refractivity contribution >= 4 is 0 Å². The van der Waals surface area contributed by atoms with Gasteiger partial charge in [-0.25, -0.2) is 0 Å². The Labute approximate surface area is 95.7 Å². The number of fused-ring (bicyclic) bond motifs is 2. The zero-order chi connectivity index (χ0) is 11.0. The predicted octanol–water partition coefficient (Wildman–Crippen LogP) is 3.89. The second-order valence-electron chi connectivity index (χ2n) is 4.32. The number of hydrogen-bond donors (Lipinski definition) is 0. The first-order chi connectivity index (χ1) is 7.83. The lowest BCUT2D eigenvalue weighted by Gasteiger charge is -2.08. The minimum atomic E-state index is 1.01. The summed E-state index contributed by atoms with van der Waals surface area (Å²) in [6.45, 7) is 2.10. The van der Waals surface area contributed by atoms with E-state index >= 15 is 0 Å². The van der Waals surface area contributed by atoms with Crippen molar-refractivity contribution in [3.63, 3.8) is 0 Å². The van der Waals surface area contributed by atoms with Crippen molar-refractivity contribution in [2.24, 2.45) is 0 Å². The quantitative estimate of drug-likeness (QED) is 0.641. The van der Waals surface area contributed by atoms with Crippen LogP contribution in [0.2, 0.25) is 0 Å². The molecule has 1 nitrogen and oxygen atoms in total. The van der Waals surface area contributed by atoms with Crippen molar-refractivity contribution in [2.75, 3.05) is 0 Å². The van der Waals surface area contributed by atoms with Crippen LogP contribution in [-0.2, 0) is 12.8 Å². The molecule has 1 aliphatic heterocycles. The lowest BCUT2D eigenvalue weighted by molar-refractivity contribution is 0.479. The predicted molar refractivity (Wildman–Crippen MR) is 65.1 cm³/mol. The van der Waals surface area contributed by atoms with Crippen LogP contribution in [0.25, 0.3) is 0 Å². The van der Waals surface area contributed by atoms with E-state index in [0.717, 1.165) is 24.3 Å². The van der Waals surface area contributed by atoms with Gasteiger partial charge in [-0.05, 0) is 48.6 Å². The molecule has 2 aromatic carbocycles. The topological polar surface area (TPSA) is 9.23 Å². The Morgan fingerprint density at radius 2 is 1.62 bits per heavy atom. The molecule has 2 aromatic rings. The maximum atomic E-state index is 5.98. The minimum absolute atomic E-state index is 1.01. The lowest BCUT2D eigenvalue weighted by Crippen LogP contribution is -1.88. The molecule has 0 saturated carbocycles. The van der Waals surface area contributed by atoms with Gasteiger partial charge >= 0.3 is 0 Å². The molecule has 1 heteroatoms. The summed E-state index contributed by atoms with van der Waals surface area (Å²) in [6.07, 6.45) is 2.12. The normalized spacial score (nSPS) is 13.3. The zero-order valence-corrected chi connectivity index (χ0v) is 9.36. The van der Waals surface area contributed by atoms with Gasteiger partial charge < -0.3 is 4.74 Å². The van der Waals surface area contributed by atoms with Crippen LogP contribution < -0.4 is 4.74 Å². The molecule has 1 heterocycles. The summed E-state index contributed by atoms with van der Waals surface area (Å²) in [5.41, 5.74) is 3.86. The maximum Gasteiger partial charge on any atom is 0.130 e. The Hall–Kier alpha value is -1.76. The third-order valence-electron chi connectivity index (χ3n) is 3.08. The molecule has 16 heavy (non-hydrogen) atoms. The number of para-hydroxylation sites is 1. The molecule has 0 amide bonds. The highest BCUT2D eigenvalue weighted by atomic mass is 16.5. The Kier molecular flexibility index (Phi) is 2.17. The van der Waals surface area contributed by atoms with Gasteiger partial charge in [0.25, 0.3) is 0 Å². The summed E-state index contributed by atoms with van der Waals surface area (Å²) < 4.78 is 5.98. The van der Waals surface area contributed by atoms with Crippen molar-refractivity contribution in [1.29, 1.82) is 0 Å². The maximum absolute atomic E-state index is 5.98. The van der Waals surface area contributed by atoms with Crippen LogP contribution in [0.4, 0.5) is 0 Å². The Balaban J connectivity index is 2.10. The Bertz CT molecular complexity index is 529. The summed E-state index contributed by atoms with van der Waals surface area (Å²) in [5.74, 6) is 2.02. The number of ether oxygens (including phenoxy) is 1. The average Bonchev–Trinajstić information content (AvgIpc) is 2.47. The molecule has 0 fully saturated rings. The van der Waals surface area contributed by atoms with Crippen molar-refractivity contribution in [1.82, 2.24) is 0 Å². The van der Waals surface area contributed by atoms with E-state index in [-0.39, 0.29) is 0 Å².